The van der Waals surface area contributed by atoms with E-state index in [-0.39, 0.29) is 6.54 Å². The van der Waals surface area contributed by atoms with E-state index in [9.17, 15) is 19.2 Å². The maximum absolute atomic E-state index is 11.8. The molecule has 1 aliphatic rings. The van der Waals surface area contributed by atoms with Gasteiger partial charge in [-0.3, -0.25) is 9.59 Å². The number of nitrogens with two attached hydrogens (primary N) is 2. The van der Waals surface area contributed by atoms with E-state index in [1.807, 2.05) is 0 Å². The fourth-order valence-electron chi connectivity index (χ4n) is 1.82. The van der Waals surface area contributed by atoms with E-state index in [0.717, 1.165) is 0 Å². The Morgan fingerprint density at radius 2 is 1.95 bits per heavy atom. The summed E-state index contributed by atoms with van der Waals surface area (Å²) in [4.78, 5) is 45.5. The van der Waals surface area contributed by atoms with Crippen LogP contribution in [0, 0.1) is 5.92 Å². The normalized spacial score (nSPS) is 19.8. The topological polar surface area (TPSA) is 156 Å². The highest BCUT2D eigenvalue weighted by Crippen LogP contribution is 2.15. The summed E-state index contributed by atoms with van der Waals surface area (Å²) >= 11 is 0. The van der Waals surface area contributed by atoms with E-state index in [2.05, 4.69) is 5.32 Å². The molecule has 6 N–H and O–H groups in total. The predicted octanol–water partition coefficient (Wildman–Crippen LogP) is -2.17. The molecular weight excluding hydrogens is 256 g/mol. The van der Waals surface area contributed by atoms with Crippen molar-refractivity contribution >= 4 is 23.8 Å². The number of hydrogen-bond donors (Lipinski definition) is 4. The molecule has 4 amide bonds. The lowest BCUT2D eigenvalue weighted by Crippen LogP contribution is -2.48. The number of carbonyl (C=O) groups excluding carboxylic acids is 3. The maximum atomic E-state index is 11.8. The van der Waals surface area contributed by atoms with E-state index in [1.54, 1.807) is 0 Å². The Morgan fingerprint density at radius 1 is 1.32 bits per heavy atom. The first kappa shape index (κ1) is 14.7. The van der Waals surface area contributed by atoms with Crippen molar-refractivity contribution in [3.05, 3.63) is 0 Å². The number of likely N-dealkylation sites (tertiary alicyclic amines) is 1. The number of primary amides is 2. The maximum Gasteiger partial charge on any atom is 0.326 e. The van der Waals surface area contributed by atoms with Gasteiger partial charge in [0.25, 0.3) is 0 Å². The summed E-state index contributed by atoms with van der Waals surface area (Å²) in [6.07, 6.45) is -0.0511. The third-order valence-corrected chi connectivity index (χ3v) is 2.88. The van der Waals surface area contributed by atoms with Crippen LogP contribution in [0.1, 0.15) is 12.8 Å². The summed E-state index contributed by atoms with van der Waals surface area (Å²) in [5.41, 5.74) is 10.0. The van der Waals surface area contributed by atoms with Gasteiger partial charge in [-0.1, -0.05) is 0 Å². The zero-order valence-corrected chi connectivity index (χ0v) is 10.2. The van der Waals surface area contributed by atoms with Crippen molar-refractivity contribution in [3.63, 3.8) is 0 Å². The van der Waals surface area contributed by atoms with Gasteiger partial charge in [0, 0.05) is 13.1 Å². The van der Waals surface area contributed by atoms with Crippen LogP contribution in [-0.2, 0) is 14.4 Å². The highest BCUT2D eigenvalue weighted by molar-refractivity contribution is 5.88. The van der Waals surface area contributed by atoms with Crippen LogP contribution in [0.15, 0.2) is 0 Å². The molecule has 0 aromatic heterocycles. The van der Waals surface area contributed by atoms with Gasteiger partial charge in [0.15, 0.2) is 0 Å². The third kappa shape index (κ3) is 4.12. The Morgan fingerprint density at radius 3 is 2.37 bits per heavy atom. The van der Waals surface area contributed by atoms with Crippen molar-refractivity contribution in [3.8, 4) is 0 Å². The Balaban J connectivity index is 2.56. The molecule has 0 bridgehead atoms. The Bertz CT molecular complexity index is 411. The van der Waals surface area contributed by atoms with Gasteiger partial charge in [-0.2, -0.15) is 0 Å². The molecule has 1 saturated heterocycles. The summed E-state index contributed by atoms with van der Waals surface area (Å²) in [7, 11) is 0. The van der Waals surface area contributed by atoms with Gasteiger partial charge in [0.05, 0.1) is 12.3 Å². The van der Waals surface area contributed by atoms with Crippen molar-refractivity contribution in [1.82, 2.24) is 10.2 Å². The van der Waals surface area contributed by atoms with Crippen molar-refractivity contribution in [2.45, 2.75) is 18.9 Å². The van der Waals surface area contributed by atoms with Crippen molar-refractivity contribution in [1.29, 1.82) is 0 Å². The number of aliphatic carboxylic acids is 1. The number of hydrogen-bond acceptors (Lipinski definition) is 4. The van der Waals surface area contributed by atoms with Gasteiger partial charge in [0.2, 0.25) is 11.8 Å². The van der Waals surface area contributed by atoms with Crippen LogP contribution in [0.5, 0.6) is 0 Å². The zero-order chi connectivity index (χ0) is 14.6. The minimum absolute atomic E-state index is 0.143. The molecule has 9 heteroatoms. The molecule has 0 aromatic rings. The van der Waals surface area contributed by atoms with E-state index in [4.69, 9.17) is 16.6 Å². The number of carboxylic acids is 1. The van der Waals surface area contributed by atoms with Crippen LogP contribution in [-0.4, -0.2) is 53.0 Å². The largest absolute Gasteiger partial charge is 0.480 e. The highest BCUT2D eigenvalue weighted by Gasteiger charge is 2.32. The van der Waals surface area contributed by atoms with Gasteiger partial charge in [-0.05, 0) is 6.42 Å². The lowest BCUT2D eigenvalue weighted by atomic mass is 10.1. The number of urea groups is 1. The first-order chi connectivity index (χ1) is 8.81. The fraction of sp³-hybridized carbons (Fsp3) is 0.600. The van der Waals surface area contributed by atoms with Crippen LogP contribution in [0.2, 0.25) is 0 Å². The molecular formula is C10H16N4O5. The lowest BCUT2D eigenvalue weighted by molar-refractivity contribution is -0.141. The average Bonchev–Trinajstić information content (AvgIpc) is 2.76. The standard InChI is InChI=1S/C10H16N4O5/c11-7(15)3-6(9(17)18)13-10(19)14-2-1-5(4-14)8(12)16/h5-6H,1-4H2,(H2,11,15)(H2,12,16)(H,13,19)(H,17,18). The number of amides is 4. The second-order valence-corrected chi connectivity index (χ2v) is 4.34. The average molecular weight is 272 g/mol. The molecule has 0 aromatic carbocycles. The van der Waals surface area contributed by atoms with Crippen LogP contribution >= 0.6 is 0 Å². The summed E-state index contributed by atoms with van der Waals surface area (Å²) < 4.78 is 0. The number of rotatable bonds is 5. The van der Waals surface area contributed by atoms with E-state index < -0.39 is 42.2 Å². The Hall–Kier alpha value is -2.32. The molecule has 0 spiro atoms. The SMILES string of the molecule is NC(=O)CC(NC(=O)N1CCC(C(N)=O)C1)C(=O)O. The summed E-state index contributed by atoms with van der Waals surface area (Å²) in [5.74, 6) is -3.10. The van der Waals surface area contributed by atoms with Gasteiger partial charge < -0.3 is 26.8 Å². The quantitative estimate of drug-likeness (QED) is 0.448. The molecule has 0 aliphatic carbocycles. The van der Waals surface area contributed by atoms with Crippen LogP contribution in [0.4, 0.5) is 4.79 Å². The lowest BCUT2D eigenvalue weighted by Gasteiger charge is -2.20. The molecule has 1 rings (SSSR count). The van der Waals surface area contributed by atoms with Gasteiger partial charge in [0.1, 0.15) is 6.04 Å². The molecule has 9 nitrogen and oxygen atoms in total. The van der Waals surface area contributed by atoms with Crippen molar-refractivity contribution in [2.24, 2.45) is 17.4 Å². The van der Waals surface area contributed by atoms with Crippen molar-refractivity contribution in [2.75, 3.05) is 13.1 Å². The monoisotopic (exact) mass is 272 g/mol. The minimum Gasteiger partial charge on any atom is -0.480 e. The van der Waals surface area contributed by atoms with Crippen LogP contribution in [0.25, 0.3) is 0 Å². The summed E-state index contributed by atoms with van der Waals surface area (Å²) in [6, 6.07) is -2.03. The third-order valence-electron chi connectivity index (χ3n) is 2.88. The smallest absolute Gasteiger partial charge is 0.326 e. The molecule has 1 heterocycles. The molecule has 19 heavy (non-hydrogen) atoms. The van der Waals surface area contributed by atoms with Crippen LogP contribution < -0.4 is 16.8 Å². The van der Waals surface area contributed by atoms with E-state index in [1.165, 1.54) is 4.90 Å². The molecule has 2 atom stereocenters. The number of carbonyl (C=O) groups is 4. The predicted molar refractivity (Wildman–Crippen MR) is 62.6 cm³/mol. The number of nitrogens with zero attached hydrogens (tertiary/aromatic N) is 1. The number of nitrogens with one attached hydrogen (secondary N) is 1. The molecule has 2 unspecified atom stereocenters. The Labute approximate surface area is 108 Å². The van der Waals surface area contributed by atoms with Gasteiger partial charge >= 0.3 is 12.0 Å². The molecule has 0 saturated carbocycles. The van der Waals surface area contributed by atoms with Crippen molar-refractivity contribution < 1.29 is 24.3 Å². The van der Waals surface area contributed by atoms with Crippen LogP contribution in [0.3, 0.4) is 0 Å². The second kappa shape index (κ2) is 6.03. The number of carboxylic acid groups (broad SMARTS) is 1. The summed E-state index contributed by atoms with van der Waals surface area (Å²) in [5, 5.41) is 11.0. The van der Waals surface area contributed by atoms with E-state index >= 15 is 0 Å². The molecule has 1 fully saturated rings. The van der Waals surface area contributed by atoms with E-state index in [0.29, 0.717) is 13.0 Å². The molecule has 0 radical (unpaired) electrons. The highest BCUT2D eigenvalue weighted by atomic mass is 16.4. The molecule has 106 valence electrons. The minimum atomic E-state index is -1.38. The second-order valence-electron chi connectivity index (χ2n) is 4.34. The van der Waals surface area contributed by atoms with Gasteiger partial charge in [-0.25, -0.2) is 9.59 Å². The fourth-order valence-corrected chi connectivity index (χ4v) is 1.82. The van der Waals surface area contributed by atoms with Gasteiger partial charge in [-0.15, -0.1) is 0 Å². The summed E-state index contributed by atoms with van der Waals surface area (Å²) in [6.45, 7) is 0.451. The Kier molecular flexibility index (Phi) is 4.67. The molecule has 1 aliphatic heterocycles. The first-order valence-electron chi connectivity index (χ1n) is 5.67. The zero-order valence-electron chi connectivity index (χ0n) is 10.2. The first-order valence-corrected chi connectivity index (χ1v) is 5.67.